The van der Waals surface area contributed by atoms with Gasteiger partial charge in [0.25, 0.3) is 0 Å². The molecule has 0 fully saturated rings. The summed E-state index contributed by atoms with van der Waals surface area (Å²) in [6.07, 6.45) is -0.625. The zero-order valence-corrected chi connectivity index (χ0v) is 12.4. The molecule has 2 aromatic carbocycles. The summed E-state index contributed by atoms with van der Waals surface area (Å²) in [6, 6.07) is 11.6. The number of sulfonamides is 1. The molecular formula is C13H10Cl2N2O2S. The smallest absolute Gasteiger partial charge is 0.244 e. The zero-order valence-electron chi connectivity index (χ0n) is 10.1. The molecule has 0 aliphatic carbocycles. The summed E-state index contributed by atoms with van der Waals surface area (Å²) in [5, 5.41) is 4.01. The van der Waals surface area contributed by atoms with Gasteiger partial charge < -0.3 is 5.32 Å². The van der Waals surface area contributed by atoms with Gasteiger partial charge in [-0.05, 0) is 24.3 Å². The number of nitrogens with one attached hydrogen (secondary N) is 2. The normalized spacial score (nSPS) is 20.0. The summed E-state index contributed by atoms with van der Waals surface area (Å²) in [7, 11) is -3.57. The fraction of sp³-hybridized carbons (Fsp3) is 0.0769. The highest BCUT2D eigenvalue weighted by molar-refractivity contribution is 7.89. The van der Waals surface area contributed by atoms with Crippen molar-refractivity contribution in [2.75, 3.05) is 5.32 Å². The molecule has 0 unspecified atom stereocenters. The molecule has 104 valence electrons. The first kappa shape index (κ1) is 13.7. The number of hydrogen-bond donors (Lipinski definition) is 2. The number of rotatable bonds is 1. The van der Waals surface area contributed by atoms with E-state index in [1.807, 2.05) is 0 Å². The summed E-state index contributed by atoms with van der Waals surface area (Å²) >= 11 is 12.0. The van der Waals surface area contributed by atoms with Gasteiger partial charge in [0.1, 0.15) is 11.1 Å². The molecule has 20 heavy (non-hydrogen) atoms. The maximum absolute atomic E-state index is 12.2. The van der Waals surface area contributed by atoms with Crippen molar-refractivity contribution in [2.24, 2.45) is 0 Å². The Bertz CT molecular complexity index is 778. The first-order chi connectivity index (χ1) is 9.47. The minimum absolute atomic E-state index is 0.223. The van der Waals surface area contributed by atoms with Crippen molar-refractivity contribution in [1.29, 1.82) is 0 Å². The van der Waals surface area contributed by atoms with E-state index in [4.69, 9.17) is 23.2 Å². The van der Waals surface area contributed by atoms with Crippen LogP contribution < -0.4 is 10.0 Å². The molecule has 1 atom stereocenters. The predicted octanol–water partition coefficient (Wildman–Crippen LogP) is 3.40. The Kier molecular flexibility index (Phi) is 3.38. The lowest BCUT2D eigenvalue weighted by Gasteiger charge is -2.28. The molecule has 4 nitrogen and oxygen atoms in total. The van der Waals surface area contributed by atoms with Crippen LogP contribution in [0.15, 0.2) is 47.4 Å². The standard InChI is InChI=1S/C13H10Cl2N2O2S/c14-8-5-6-9(10(15)7-8)13-16-11-3-1-2-4-12(11)20(18,19)17-13/h1-7,13,16-17H/t13-/m0/s1. The fourth-order valence-corrected chi connectivity index (χ4v) is 3.92. The average Bonchev–Trinajstić information content (AvgIpc) is 2.38. The largest absolute Gasteiger partial charge is 0.364 e. The number of fused-ring (bicyclic) bond motifs is 1. The van der Waals surface area contributed by atoms with Crippen LogP contribution in [0.5, 0.6) is 0 Å². The SMILES string of the molecule is O=S1(=O)N[C@@H](c2ccc(Cl)cc2Cl)Nc2ccccc21. The quantitative estimate of drug-likeness (QED) is 0.843. The fourth-order valence-electron chi connectivity index (χ4n) is 2.10. The Morgan fingerprint density at radius 3 is 2.55 bits per heavy atom. The molecule has 0 radical (unpaired) electrons. The highest BCUT2D eigenvalue weighted by Crippen LogP contribution is 2.34. The van der Waals surface area contributed by atoms with Crippen LogP contribution in [0, 0.1) is 0 Å². The maximum atomic E-state index is 12.2. The van der Waals surface area contributed by atoms with Crippen LogP contribution >= 0.6 is 23.2 Å². The van der Waals surface area contributed by atoms with Crippen LogP contribution in [-0.4, -0.2) is 8.42 Å². The van der Waals surface area contributed by atoms with E-state index >= 15 is 0 Å². The molecule has 7 heteroatoms. The van der Waals surface area contributed by atoms with Crippen LogP contribution in [0.2, 0.25) is 10.0 Å². The number of halogens is 2. The lowest BCUT2D eigenvalue weighted by atomic mass is 10.1. The van der Waals surface area contributed by atoms with Gasteiger partial charge in [-0.1, -0.05) is 41.4 Å². The molecule has 0 bridgehead atoms. The van der Waals surface area contributed by atoms with Crippen molar-refractivity contribution in [2.45, 2.75) is 11.1 Å². The molecule has 0 saturated carbocycles. The van der Waals surface area contributed by atoms with Crippen molar-refractivity contribution in [3.8, 4) is 0 Å². The van der Waals surface area contributed by atoms with Gasteiger partial charge in [-0.3, -0.25) is 0 Å². The Hall–Kier alpha value is -1.27. The number of benzene rings is 2. The Labute approximate surface area is 126 Å². The van der Waals surface area contributed by atoms with Crippen molar-refractivity contribution >= 4 is 38.9 Å². The topological polar surface area (TPSA) is 58.2 Å². The van der Waals surface area contributed by atoms with Gasteiger partial charge >= 0.3 is 0 Å². The van der Waals surface area contributed by atoms with Crippen molar-refractivity contribution < 1.29 is 8.42 Å². The van der Waals surface area contributed by atoms with Crippen LogP contribution in [0.4, 0.5) is 5.69 Å². The molecule has 0 amide bonds. The van der Waals surface area contributed by atoms with Crippen molar-refractivity contribution in [3.63, 3.8) is 0 Å². The van der Waals surface area contributed by atoms with Crippen LogP contribution in [0.1, 0.15) is 11.7 Å². The van der Waals surface area contributed by atoms with E-state index in [0.717, 1.165) is 0 Å². The molecular weight excluding hydrogens is 319 g/mol. The molecule has 1 aliphatic heterocycles. The highest BCUT2D eigenvalue weighted by atomic mass is 35.5. The Balaban J connectivity index is 2.07. The molecule has 0 spiro atoms. The zero-order chi connectivity index (χ0) is 14.3. The van der Waals surface area contributed by atoms with Gasteiger partial charge in [0.05, 0.1) is 5.69 Å². The molecule has 1 aliphatic rings. The highest BCUT2D eigenvalue weighted by Gasteiger charge is 2.30. The third-order valence-corrected chi connectivity index (χ3v) is 5.07. The Morgan fingerprint density at radius 1 is 1.05 bits per heavy atom. The third kappa shape index (κ3) is 2.38. The predicted molar refractivity (Wildman–Crippen MR) is 79.6 cm³/mol. The van der Waals surface area contributed by atoms with Crippen LogP contribution in [0.3, 0.4) is 0 Å². The number of hydrogen-bond acceptors (Lipinski definition) is 3. The van der Waals surface area contributed by atoms with E-state index in [1.54, 1.807) is 42.5 Å². The molecule has 2 aromatic rings. The van der Waals surface area contributed by atoms with E-state index < -0.39 is 16.2 Å². The Morgan fingerprint density at radius 2 is 1.80 bits per heavy atom. The second-order valence-electron chi connectivity index (χ2n) is 4.36. The monoisotopic (exact) mass is 328 g/mol. The van der Waals surface area contributed by atoms with Gasteiger partial charge in [-0.25, -0.2) is 8.42 Å². The van der Waals surface area contributed by atoms with Gasteiger partial charge in [0, 0.05) is 15.6 Å². The van der Waals surface area contributed by atoms with E-state index in [2.05, 4.69) is 10.0 Å². The van der Waals surface area contributed by atoms with E-state index in [9.17, 15) is 8.42 Å². The van der Waals surface area contributed by atoms with E-state index in [0.29, 0.717) is 21.3 Å². The van der Waals surface area contributed by atoms with E-state index in [1.165, 1.54) is 0 Å². The molecule has 0 aromatic heterocycles. The van der Waals surface area contributed by atoms with Crippen molar-refractivity contribution in [3.05, 3.63) is 58.1 Å². The van der Waals surface area contributed by atoms with Crippen LogP contribution in [0.25, 0.3) is 0 Å². The molecule has 0 saturated heterocycles. The number of anilines is 1. The van der Waals surface area contributed by atoms with Crippen molar-refractivity contribution in [1.82, 2.24) is 4.72 Å². The van der Waals surface area contributed by atoms with Gasteiger partial charge in [0.15, 0.2) is 0 Å². The van der Waals surface area contributed by atoms with Crippen LogP contribution in [-0.2, 0) is 10.0 Å². The molecule has 3 rings (SSSR count). The summed E-state index contributed by atoms with van der Waals surface area (Å²) in [5.74, 6) is 0. The molecule has 1 heterocycles. The van der Waals surface area contributed by atoms with E-state index in [-0.39, 0.29) is 4.90 Å². The lowest BCUT2D eigenvalue weighted by Crippen LogP contribution is -2.38. The van der Waals surface area contributed by atoms with Gasteiger partial charge in [-0.15, -0.1) is 0 Å². The second-order valence-corrected chi connectivity index (χ2v) is 6.89. The van der Waals surface area contributed by atoms with Gasteiger partial charge in [0.2, 0.25) is 10.0 Å². The first-order valence-electron chi connectivity index (χ1n) is 5.80. The lowest BCUT2D eigenvalue weighted by molar-refractivity contribution is 0.562. The minimum atomic E-state index is -3.57. The average molecular weight is 329 g/mol. The summed E-state index contributed by atoms with van der Waals surface area (Å²) < 4.78 is 27.0. The second kappa shape index (κ2) is 4.93. The van der Waals surface area contributed by atoms with Gasteiger partial charge in [-0.2, -0.15) is 4.72 Å². The first-order valence-corrected chi connectivity index (χ1v) is 8.04. The minimum Gasteiger partial charge on any atom is -0.364 e. The summed E-state index contributed by atoms with van der Waals surface area (Å²) in [6.45, 7) is 0. The summed E-state index contributed by atoms with van der Waals surface area (Å²) in [5.41, 5.74) is 1.16. The maximum Gasteiger partial charge on any atom is 0.244 e. The number of para-hydroxylation sites is 1. The third-order valence-electron chi connectivity index (χ3n) is 3.02. The molecule has 2 N–H and O–H groups in total. The summed E-state index contributed by atoms with van der Waals surface area (Å²) in [4.78, 5) is 0.223.